The Labute approximate surface area is 123 Å². The van der Waals surface area contributed by atoms with Crippen LogP contribution in [0.2, 0.25) is 5.02 Å². The maximum absolute atomic E-state index is 11.8. The number of nitrogens with two attached hydrogens (primary N) is 1. The molecule has 0 unspecified atom stereocenters. The van der Waals surface area contributed by atoms with Crippen LogP contribution in [0.4, 0.5) is 0 Å². The summed E-state index contributed by atoms with van der Waals surface area (Å²) in [5.41, 5.74) is 5.95. The van der Waals surface area contributed by atoms with E-state index in [4.69, 9.17) is 22.1 Å². The average molecular weight is 298 g/mol. The van der Waals surface area contributed by atoms with Crippen LogP contribution < -0.4 is 15.8 Å². The fraction of sp³-hybridized carbons (Fsp3) is 0.571. The van der Waals surface area contributed by atoms with E-state index in [1.807, 2.05) is 0 Å². The summed E-state index contributed by atoms with van der Waals surface area (Å²) in [6.07, 6.45) is 5.32. The lowest BCUT2D eigenvalue weighted by molar-refractivity contribution is -0.122. The Balaban J connectivity index is 1.63. The van der Waals surface area contributed by atoms with Gasteiger partial charge in [-0.2, -0.15) is 0 Å². The van der Waals surface area contributed by atoms with Crippen molar-refractivity contribution in [1.29, 1.82) is 0 Å². The number of carbonyl (C=O) groups is 1. The Morgan fingerprint density at radius 1 is 1.55 bits per heavy atom. The maximum Gasteiger partial charge on any atom is 0.232 e. The van der Waals surface area contributed by atoms with Gasteiger partial charge in [0.1, 0.15) is 11.6 Å². The summed E-state index contributed by atoms with van der Waals surface area (Å²) >= 11 is 5.91. The van der Waals surface area contributed by atoms with Crippen LogP contribution >= 0.6 is 11.6 Å². The van der Waals surface area contributed by atoms with Crippen molar-refractivity contribution in [3.05, 3.63) is 23.4 Å². The quantitative estimate of drug-likeness (QED) is 0.784. The molecule has 1 aromatic heterocycles. The third kappa shape index (κ3) is 4.35. The second kappa shape index (κ2) is 7.45. The summed E-state index contributed by atoms with van der Waals surface area (Å²) in [5.74, 6) is 0.741. The van der Waals surface area contributed by atoms with Crippen LogP contribution in [0.1, 0.15) is 25.7 Å². The molecule has 0 saturated heterocycles. The molecule has 1 fully saturated rings. The molecule has 1 aromatic rings. The van der Waals surface area contributed by atoms with Crippen molar-refractivity contribution in [1.82, 2.24) is 10.3 Å². The van der Waals surface area contributed by atoms with E-state index >= 15 is 0 Å². The Bertz CT molecular complexity index is 456. The molecule has 0 spiro atoms. The third-order valence-electron chi connectivity index (χ3n) is 3.55. The Morgan fingerprint density at radius 3 is 3.10 bits per heavy atom. The first-order valence-corrected chi connectivity index (χ1v) is 7.30. The monoisotopic (exact) mass is 297 g/mol. The van der Waals surface area contributed by atoms with Crippen molar-refractivity contribution in [2.75, 3.05) is 13.2 Å². The minimum atomic E-state index is 0.0306. The van der Waals surface area contributed by atoms with Crippen LogP contribution in [0.25, 0.3) is 0 Å². The van der Waals surface area contributed by atoms with Crippen molar-refractivity contribution >= 4 is 17.5 Å². The molecule has 20 heavy (non-hydrogen) atoms. The molecule has 1 heterocycles. The van der Waals surface area contributed by atoms with Gasteiger partial charge in [0, 0.05) is 18.7 Å². The second-order valence-corrected chi connectivity index (χ2v) is 5.45. The Morgan fingerprint density at radius 2 is 2.40 bits per heavy atom. The van der Waals surface area contributed by atoms with Crippen LogP contribution in [-0.2, 0) is 4.79 Å². The first-order chi connectivity index (χ1) is 9.66. The molecule has 0 aromatic carbocycles. The van der Waals surface area contributed by atoms with E-state index in [0.29, 0.717) is 36.4 Å². The summed E-state index contributed by atoms with van der Waals surface area (Å²) in [6, 6.07) is 3.62. The number of amides is 1. The first kappa shape index (κ1) is 15.1. The molecule has 1 aliphatic carbocycles. The van der Waals surface area contributed by atoms with Crippen LogP contribution in [-0.4, -0.2) is 30.1 Å². The minimum Gasteiger partial charge on any atom is -0.475 e. The highest BCUT2D eigenvalue weighted by Gasteiger charge is 2.25. The zero-order chi connectivity index (χ0) is 14.4. The highest BCUT2D eigenvalue weighted by Crippen LogP contribution is 2.26. The first-order valence-electron chi connectivity index (χ1n) is 6.92. The van der Waals surface area contributed by atoms with Gasteiger partial charge in [-0.15, -0.1) is 0 Å². The number of hydrogen-bond acceptors (Lipinski definition) is 4. The highest BCUT2D eigenvalue weighted by molar-refractivity contribution is 6.31. The molecule has 2 rings (SSSR count). The van der Waals surface area contributed by atoms with Gasteiger partial charge in [-0.1, -0.05) is 18.0 Å². The normalized spacial score (nSPS) is 21.7. The fourth-order valence-corrected chi connectivity index (χ4v) is 2.62. The van der Waals surface area contributed by atoms with Gasteiger partial charge in [-0.3, -0.25) is 4.79 Å². The molecule has 0 aliphatic heterocycles. The Hall–Kier alpha value is -1.33. The Kier molecular flexibility index (Phi) is 5.61. The smallest absolute Gasteiger partial charge is 0.232 e. The van der Waals surface area contributed by atoms with E-state index in [-0.39, 0.29) is 11.9 Å². The minimum absolute atomic E-state index is 0.0306. The van der Waals surface area contributed by atoms with Crippen LogP contribution in [0, 0.1) is 5.92 Å². The van der Waals surface area contributed by atoms with Crippen molar-refractivity contribution in [2.45, 2.75) is 31.7 Å². The van der Waals surface area contributed by atoms with Gasteiger partial charge in [0.25, 0.3) is 0 Å². The van der Waals surface area contributed by atoms with E-state index in [0.717, 1.165) is 19.3 Å². The van der Waals surface area contributed by atoms with Crippen LogP contribution in [0.5, 0.6) is 5.88 Å². The van der Waals surface area contributed by atoms with Crippen molar-refractivity contribution in [2.24, 2.45) is 11.7 Å². The summed E-state index contributed by atoms with van der Waals surface area (Å²) < 4.78 is 5.40. The van der Waals surface area contributed by atoms with Crippen molar-refractivity contribution < 1.29 is 9.53 Å². The van der Waals surface area contributed by atoms with Gasteiger partial charge in [0.2, 0.25) is 11.8 Å². The van der Waals surface area contributed by atoms with Gasteiger partial charge in [0.15, 0.2) is 0 Å². The largest absolute Gasteiger partial charge is 0.475 e. The fourth-order valence-electron chi connectivity index (χ4n) is 2.44. The van der Waals surface area contributed by atoms with Crippen LogP contribution in [0.3, 0.4) is 0 Å². The van der Waals surface area contributed by atoms with Gasteiger partial charge >= 0.3 is 0 Å². The maximum atomic E-state index is 11.8. The summed E-state index contributed by atoms with van der Waals surface area (Å²) in [4.78, 5) is 15.8. The zero-order valence-corrected chi connectivity index (χ0v) is 12.1. The number of carbonyl (C=O) groups excluding carboxylic acids is 1. The van der Waals surface area contributed by atoms with Crippen molar-refractivity contribution in [3.63, 3.8) is 0 Å². The number of halogens is 1. The topological polar surface area (TPSA) is 77.2 Å². The number of nitrogens with one attached hydrogen (secondary N) is 1. The molecule has 0 bridgehead atoms. The highest BCUT2D eigenvalue weighted by atomic mass is 35.5. The number of aromatic nitrogens is 1. The van der Waals surface area contributed by atoms with E-state index in [9.17, 15) is 4.79 Å². The molecule has 6 heteroatoms. The lowest BCUT2D eigenvalue weighted by atomic mass is 10.00. The lowest BCUT2D eigenvalue weighted by Crippen LogP contribution is -2.33. The van der Waals surface area contributed by atoms with Gasteiger partial charge < -0.3 is 15.8 Å². The van der Waals surface area contributed by atoms with Gasteiger partial charge in [0.05, 0.1) is 6.54 Å². The molecule has 5 nitrogen and oxygen atoms in total. The number of hydrogen-bond donors (Lipinski definition) is 2. The molecule has 2 atom stereocenters. The number of nitrogens with zero attached hydrogens (tertiary/aromatic N) is 1. The predicted molar refractivity (Wildman–Crippen MR) is 77.7 cm³/mol. The van der Waals surface area contributed by atoms with E-state index in [1.54, 1.807) is 18.3 Å². The summed E-state index contributed by atoms with van der Waals surface area (Å²) in [7, 11) is 0. The number of ether oxygens (including phenoxy) is 1. The molecular formula is C14H20ClN3O2. The van der Waals surface area contributed by atoms with Crippen LogP contribution in [0.15, 0.2) is 18.3 Å². The van der Waals surface area contributed by atoms with E-state index < -0.39 is 0 Å². The van der Waals surface area contributed by atoms with Gasteiger partial charge in [-0.05, 0) is 30.9 Å². The SMILES string of the molecule is N[C@@H]1CCC[C@H]1CC(=O)NCCOc1ncccc1Cl. The standard InChI is InChI=1S/C14H20ClN3O2/c15-11-4-2-6-18-14(11)20-8-7-17-13(19)9-10-3-1-5-12(10)16/h2,4,6,10,12H,1,3,5,7-9,16H2,(H,17,19)/t10-,12+/m0/s1. The van der Waals surface area contributed by atoms with Crippen molar-refractivity contribution in [3.8, 4) is 5.88 Å². The molecule has 3 N–H and O–H groups in total. The zero-order valence-electron chi connectivity index (χ0n) is 11.3. The molecule has 1 aliphatic rings. The van der Waals surface area contributed by atoms with E-state index in [2.05, 4.69) is 10.3 Å². The van der Waals surface area contributed by atoms with Gasteiger partial charge in [-0.25, -0.2) is 4.98 Å². The molecular weight excluding hydrogens is 278 g/mol. The number of pyridine rings is 1. The molecule has 110 valence electrons. The molecule has 1 amide bonds. The lowest BCUT2D eigenvalue weighted by Gasteiger charge is -2.14. The summed E-state index contributed by atoms with van der Waals surface area (Å²) in [6.45, 7) is 0.785. The average Bonchev–Trinajstić information content (AvgIpc) is 2.82. The van der Waals surface area contributed by atoms with E-state index in [1.165, 1.54) is 0 Å². The third-order valence-corrected chi connectivity index (χ3v) is 3.84. The summed E-state index contributed by atoms with van der Waals surface area (Å²) in [5, 5.41) is 3.30. The molecule has 1 saturated carbocycles. The molecule has 0 radical (unpaired) electrons. The predicted octanol–water partition coefficient (Wildman–Crippen LogP) is 1.75. The second-order valence-electron chi connectivity index (χ2n) is 5.05. The number of rotatable bonds is 6.